The van der Waals surface area contributed by atoms with Gasteiger partial charge in [0.1, 0.15) is 18.6 Å². The Hall–Kier alpha value is -1.83. The van der Waals surface area contributed by atoms with Crippen molar-refractivity contribution in [3.05, 3.63) is 48.1 Å². The first-order valence-electron chi connectivity index (χ1n) is 5.68. The van der Waals surface area contributed by atoms with Gasteiger partial charge in [-0.15, -0.1) is 0 Å². The molecule has 17 heavy (non-hydrogen) atoms. The number of hydrogen-bond acceptors (Lipinski definition) is 2. The van der Waals surface area contributed by atoms with Crippen LogP contribution >= 0.6 is 0 Å². The largest absolute Gasteiger partial charge is 0.490 e. The van der Waals surface area contributed by atoms with Crippen LogP contribution in [0, 0.1) is 5.92 Å². The molecule has 2 heteroatoms. The molecule has 2 nitrogen and oxygen atoms in total. The highest BCUT2D eigenvalue weighted by atomic mass is 16.5. The molecule has 0 bridgehead atoms. The zero-order valence-corrected chi connectivity index (χ0v) is 10.3. The summed E-state index contributed by atoms with van der Waals surface area (Å²) in [5.41, 5.74) is 1.80. The molecular formula is C15H18O2. The smallest absolute Gasteiger partial charge is 0.146 e. The number of aldehydes is 1. The minimum atomic E-state index is 0.240. The fraction of sp³-hybridized carbons (Fsp3) is 0.267. The van der Waals surface area contributed by atoms with Crippen molar-refractivity contribution in [2.75, 3.05) is 6.61 Å². The van der Waals surface area contributed by atoms with Crippen molar-refractivity contribution in [2.24, 2.45) is 5.92 Å². The van der Waals surface area contributed by atoms with Gasteiger partial charge in [-0.2, -0.15) is 0 Å². The molecule has 0 spiro atoms. The average Bonchev–Trinajstić information content (AvgIpc) is 2.34. The maximum Gasteiger partial charge on any atom is 0.146 e. The van der Waals surface area contributed by atoms with Crippen LogP contribution in [0.4, 0.5) is 0 Å². The van der Waals surface area contributed by atoms with E-state index in [-0.39, 0.29) is 5.92 Å². The average molecular weight is 230 g/mol. The number of ether oxygens (including phenoxy) is 1. The fourth-order valence-electron chi connectivity index (χ4n) is 1.34. The van der Waals surface area contributed by atoms with Gasteiger partial charge in [0.2, 0.25) is 0 Å². The van der Waals surface area contributed by atoms with Crippen LogP contribution in [0.5, 0.6) is 5.75 Å². The molecule has 0 fully saturated rings. The van der Waals surface area contributed by atoms with Crippen molar-refractivity contribution in [3.63, 3.8) is 0 Å². The van der Waals surface area contributed by atoms with Crippen molar-refractivity contribution in [1.29, 1.82) is 0 Å². The molecule has 0 amide bonds. The van der Waals surface area contributed by atoms with Gasteiger partial charge in [-0.3, -0.25) is 4.79 Å². The van der Waals surface area contributed by atoms with Crippen LogP contribution in [0.1, 0.15) is 19.4 Å². The SMILES string of the molecule is C=CCOc1ccc(C=C(C=O)C(C)C)cc1. The minimum absolute atomic E-state index is 0.240. The van der Waals surface area contributed by atoms with Gasteiger partial charge in [0.05, 0.1) is 0 Å². The van der Waals surface area contributed by atoms with E-state index in [1.165, 1.54) is 0 Å². The molecule has 0 heterocycles. The Balaban J connectivity index is 2.80. The lowest BCUT2D eigenvalue weighted by atomic mass is 10.0. The Kier molecular flexibility index (Phi) is 5.21. The molecule has 0 aliphatic heterocycles. The maximum atomic E-state index is 10.9. The van der Waals surface area contributed by atoms with Gasteiger partial charge in [0, 0.05) is 0 Å². The monoisotopic (exact) mass is 230 g/mol. The number of hydrogen-bond donors (Lipinski definition) is 0. The first-order chi connectivity index (χ1) is 8.17. The highest BCUT2D eigenvalue weighted by Gasteiger charge is 2.01. The summed E-state index contributed by atoms with van der Waals surface area (Å²) in [6.07, 6.45) is 4.51. The van der Waals surface area contributed by atoms with Gasteiger partial charge >= 0.3 is 0 Å². The van der Waals surface area contributed by atoms with Crippen molar-refractivity contribution >= 4 is 12.4 Å². The van der Waals surface area contributed by atoms with Gasteiger partial charge < -0.3 is 4.74 Å². The molecule has 0 saturated carbocycles. The van der Waals surface area contributed by atoms with Gasteiger partial charge in [0.15, 0.2) is 0 Å². The third-order valence-electron chi connectivity index (χ3n) is 2.38. The summed E-state index contributed by atoms with van der Waals surface area (Å²) in [5.74, 6) is 1.04. The maximum absolute atomic E-state index is 10.9. The normalized spacial score (nSPS) is 11.4. The Morgan fingerprint density at radius 3 is 2.47 bits per heavy atom. The van der Waals surface area contributed by atoms with E-state index in [1.807, 2.05) is 44.2 Å². The van der Waals surface area contributed by atoms with Crippen molar-refractivity contribution in [2.45, 2.75) is 13.8 Å². The van der Waals surface area contributed by atoms with E-state index >= 15 is 0 Å². The molecule has 0 aromatic heterocycles. The summed E-state index contributed by atoms with van der Waals surface area (Å²) >= 11 is 0. The summed E-state index contributed by atoms with van der Waals surface area (Å²) < 4.78 is 5.38. The summed E-state index contributed by atoms with van der Waals surface area (Å²) in [7, 11) is 0. The standard InChI is InChI=1S/C15H18O2/c1-4-9-17-15-7-5-13(6-8-15)10-14(11-16)12(2)3/h4-8,10-12H,1,9H2,2-3H3. The molecule has 0 N–H and O–H groups in total. The summed E-state index contributed by atoms with van der Waals surface area (Å²) in [4.78, 5) is 10.9. The van der Waals surface area contributed by atoms with Crippen LogP contribution < -0.4 is 4.74 Å². The molecule has 0 aliphatic rings. The zero-order chi connectivity index (χ0) is 12.7. The highest BCUT2D eigenvalue weighted by molar-refractivity contribution is 5.82. The quantitative estimate of drug-likeness (QED) is 0.425. The van der Waals surface area contributed by atoms with Crippen LogP contribution in [0.2, 0.25) is 0 Å². The van der Waals surface area contributed by atoms with Crippen molar-refractivity contribution in [3.8, 4) is 5.75 Å². The Morgan fingerprint density at radius 2 is 2.00 bits per heavy atom. The molecule has 1 aromatic rings. The molecular weight excluding hydrogens is 212 g/mol. The third-order valence-corrected chi connectivity index (χ3v) is 2.38. The lowest BCUT2D eigenvalue weighted by Crippen LogP contribution is -1.95. The highest BCUT2D eigenvalue weighted by Crippen LogP contribution is 2.16. The lowest BCUT2D eigenvalue weighted by molar-refractivity contribution is -0.105. The third kappa shape index (κ3) is 4.27. The second-order valence-corrected chi connectivity index (χ2v) is 4.09. The topological polar surface area (TPSA) is 26.3 Å². The second-order valence-electron chi connectivity index (χ2n) is 4.09. The first kappa shape index (κ1) is 13.2. The Labute approximate surface area is 103 Å². The van der Waals surface area contributed by atoms with Crippen LogP contribution in [-0.2, 0) is 4.79 Å². The summed E-state index contributed by atoms with van der Waals surface area (Å²) in [5, 5.41) is 0. The van der Waals surface area contributed by atoms with Gasteiger partial charge in [-0.25, -0.2) is 0 Å². The molecule has 0 radical (unpaired) electrons. The first-order valence-corrected chi connectivity index (χ1v) is 5.68. The Morgan fingerprint density at radius 1 is 1.35 bits per heavy atom. The number of allylic oxidation sites excluding steroid dienone is 1. The number of benzene rings is 1. The van der Waals surface area contributed by atoms with E-state index in [0.29, 0.717) is 6.61 Å². The van der Waals surface area contributed by atoms with Crippen molar-refractivity contribution in [1.82, 2.24) is 0 Å². The predicted molar refractivity (Wildman–Crippen MR) is 71.0 cm³/mol. The van der Waals surface area contributed by atoms with Crippen LogP contribution in [-0.4, -0.2) is 12.9 Å². The molecule has 0 unspecified atom stereocenters. The summed E-state index contributed by atoms with van der Waals surface area (Å²) in [6.45, 7) is 8.09. The van der Waals surface area contributed by atoms with Gasteiger partial charge in [-0.1, -0.05) is 38.6 Å². The number of carbonyl (C=O) groups excluding carboxylic acids is 1. The van der Waals surface area contributed by atoms with E-state index in [9.17, 15) is 4.79 Å². The molecule has 0 aliphatic carbocycles. The molecule has 1 rings (SSSR count). The van der Waals surface area contributed by atoms with Crippen molar-refractivity contribution < 1.29 is 9.53 Å². The second kappa shape index (κ2) is 6.69. The summed E-state index contributed by atoms with van der Waals surface area (Å²) in [6, 6.07) is 7.64. The van der Waals surface area contributed by atoms with E-state index in [4.69, 9.17) is 4.74 Å². The fourth-order valence-corrected chi connectivity index (χ4v) is 1.34. The van der Waals surface area contributed by atoms with Crippen LogP contribution in [0.25, 0.3) is 6.08 Å². The minimum Gasteiger partial charge on any atom is -0.490 e. The van der Waals surface area contributed by atoms with E-state index in [1.54, 1.807) is 6.08 Å². The lowest BCUT2D eigenvalue weighted by Gasteiger charge is -2.05. The molecule has 90 valence electrons. The van der Waals surface area contributed by atoms with Gasteiger partial charge in [0.25, 0.3) is 0 Å². The number of carbonyl (C=O) groups is 1. The number of rotatable bonds is 6. The van der Waals surface area contributed by atoms with Gasteiger partial charge in [-0.05, 0) is 35.3 Å². The Bertz CT molecular complexity index is 399. The predicted octanol–water partition coefficient (Wildman–Crippen LogP) is 3.49. The van der Waals surface area contributed by atoms with E-state index < -0.39 is 0 Å². The van der Waals surface area contributed by atoms with Crippen LogP contribution in [0.15, 0.2) is 42.5 Å². The zero-order valence-electron chi connectivity index (χ0n) is 10.3. The van der Waals surface area contributed by atoms with Crippen LogP contribution in [0.3, 0.4) is 0 Å². The molecule has 1 aromatic carbocycles. The van der Waals surface area contributed by atoms with E-state index in [2.05, 4.69) is 6.58 Å². The molecule has 0 saturated heterocycles. The molecule has 0 atom stereocenters. The van der Waals surface area contributed by atoms with E-state index in [0.717, 1.165) is 23.2 Å².